The molecule has 0 saturated carbocycles. The van der Waals surface area contributed by atoms with Gasteiger partial charge in [0.2, 0.25) is 0 Å². The summed E-state index contributed by atoms with van der Waals surface area (Å²) in [6, 6.07) is 18.1. The molecule has 1 heterocycles. The van der Waals surface area contributed by atoms with E-state index in [1.54, 1.807) is 36.4 Å². The highest BCUT2D eigenvalue weighted by atomic mass is 35.5. The summed E-state index contributed by atoms with van der Waals surface area (Å²) in [5, 5.41) is 11.8. The number of rotatable bonds is 5. The van der Waals surface area contributed by atoms with Crippen molar-refractivity contribution in [3.05, 3.63) is 99.0 Å². The van der Waals surface area contributed by atoms with Gasteiger partial charge in [-0.05, 0) is 49.7 Å². The number of aryl methyl sites for hydroxylation is 1. The SMILES string of the molecule is CCOc1cccc(/C(O)=C2\C(=O)C(=O)N(c3ccc(Cl)c(Cl)c3)C2c2cccc(C)c2)c1. The number of hydrogen-bond acceptors (Lipinski definition) is 4. The molecule has 0 spiro atoms. The molecule has 7 heteroatoms. The number of ether oxygens (including phenoxy) is 1. The topological polar surface area (TPSA) is 66.8 Å². The van der Waals surface area contributed by atoms with Crippen LogP contribution < -0.4 is 9.64 Å². The van der Waals surface area contributed by atoms with Crippen molar-refractivity contribution in [1.29, 1.82) is 0 Å². The first-order valence-electron chi connectivity index (χ1n) is 10.4. The lowest BCUT2D eigenvalue weighted by Gasteiger charge is -2.26. The molecule has 1 amide bonds. The first kappa shape index (κ1) is 22.9. The molecule has 1 N–H and O–H groups in total. The summed E-state index contributed by atoms with van der Waals surface area (Å²) in [6.07, 6.45) is 0. The smallest absolute Gasteiger partial charge is 0.300 e. The summed E-state index contributed by atoms with van der Waals surface area (Å²) in [6.45, 7) is 4.22. The van der Waals surface area contributed by atoms with Gasteiger partial charge < -0.3 is 9.84 Å². The number of hydrogen-bond donors (Lipinski definition) is 1. The molecule has 1 atom stereocenters. The maximum Gasteiger partial charge on any atom is 0.300 e. The maximum absolute atomic E-state index is 13.2. The van der Waals surface area contributed by atoms with Gasteiger partial charge in [0.25, 0.3) is 11.7 Å². The minimum Gasteiger partial charge on any atom is -0.507 e. The van der Waals surface area contributed by atoms with E-state index in [9.17, 15) is 14.7 Å². The monoisotopic (exact) mass is 481 g/mol. The van der Waals surface area contributed by atoms with Crippen LogP contribution in [0.1, 0.15) is 29.7 Å². The normalized spacial score (nSPS) is 17.5. The molecule has 5 nitrogen and oxygen atoms in total. The highest BCUT2D eigenvalue weighted by Crippen LogP contribution is 2.43. The van der Waals surface area contributed by atoms with E-state index in [4.69, 9.17) is 27.9 Å². The van der Waals surface area contributed by atoms with E-state index in [1.165, 1.54) is 11.0 Å². The minimum absolute atomic E-state index is 0.00896. The molecule has 0 radical (unpaired) electrons. The highest BCUT2D eigenvalue weighted by molar-refractivity contribution is 6.52. The van der Waals surface area contributed by atoms with Gasteiger partial charge in [-0.1, -0.05) is 65.2 Å². The van der Waals surface area contributed by atoms with Crippen LogP contribution in [0, 0.1) is 6.92 Å². The van der Waals surface area contributed by atoms with Crippen molar-refractivity contribution in [2.45, 2.75) is 19.9 Å². The third-order valence-electron chi connectivity index (χ3n) is 5.40. The lowest BCUT2D eigenvalue weighted by molar-refractivity contribution is -0.132. The van der Waals surface area contributed by atoms with E-state index in [2.05, 4.69) is 0 Å². The van der Waals surface area contributed by atoms with Gasteiger partial charge in [-0.25, -0.2) is 0 Å². The Balaban J connectivity index is 1.94. The fraction of sp³-hybridized carbons (Fsp3) is 0.154. The zero-order valence-electron chi connectivity index (χ0n) is 18.0. The standard InChI is InChI=1S/C26H21Cl2NO4/c1-3-33-19-9-5-8-17(13-19)24(30)22-23(16-7-4-6-15(2)12-16)29(26(32)25(22)31)18-10-11-20(27)21(28)14-18/h4-14,23,30H,3H2,1-2H3/b24-22+. The number of aliphatic hydroxyl groups excluding tert-OH is 1. The van der Waals surface area contributed by atoms with Gasteiger partial charge in [-0.2, -0.15) is 0 Å². The van der Waals surface area contributed by atoms with Crippen LogP contribution >= 0.6 is 23.2 Å². The first-order chi connectivity index (χ1) is 15.8. The number of nitrogens with zero attached hydrogens (tertiary/aromatic N) is 1. The largest absolute Gasteiger partial charge is 0.507 e. The first-order valence-corrected chi connectivity index (χ1v) is 11.1. The Bertz CT molecular complexity index is 1280. The number of ketones is 1. The summed E-state index contributed by atoms with van der Waals surface area (Å²) in [5.74, 6) is -1.27. The highest BCUT2D eigenvalue weighted by Gasteiger charge is 2.47. The number of halogens is 2. The van der Waals surface area contributed by atoms with Crippen molar-refractivity contribution < 1.29 is 19.4 Å². The van der Waals surface area contributed by atoms with Gasteiger partial charge in [0, 0.05) is 11.3 Å². The Kier molecular flexibility index (Phi) is 6.45. The molecule has 0 bridgehead atoms. The van der Waals surface area contributed by atoms with Crippen LogP contribution in [0.25, 0.3) is 5.76 Å². The predicted molar refractivity (Wildman–Crippen MR) is 130 cm³/mol. The van der Waals surface area contributed by atoms with Crippen LogP contribution in [-0.2, 0) is 9.59 Å². The summed E-state index contributed by atoms with van der Waals surface area (Å²) in [7, 11) is 0. The van der Waals surface area contributed by atoms with Gasteiger partial charge in [0.15, 0.2) is 0 Å². The molecule has 0 aromatic heterocycles. The summed E-state index contributed by atoms with van der Waals surface area (Å²) in [5.41, 5.74) is 2.41. The zero-order valence-corrected chi connectivity index (χ0v) is 19.5. The van der Waals surface area contributed by atoms with Crippen LogP contribution in [0.15, 0.2) is 72.3 Å². The number of Topliss-reactive ketones (excluding diaryl/α,β-unsaturated/α-hetero) is 1. The van der Waals surface area contributed by atoms with Crippen molar-refractivity contribution in [3.63, 3.8) is 0 Å². The third-order valence-corrected chi connectivity index (χ3v) is 6.14. The van der Waals surface area contributed by atoms with E-state index < -0.39 is 17.7 Å². The Morgan fingerprint density at radius 1 is 1.00 bits per heavy atom. The van der Waals surface area contributed by atoms with E-state index in [-0.39, 0.29) is 16.4 Å². The lowest BCUT2D eigenvalue weighted by Crippen LogP contribution is -2.29. The lowest BCUT2D eigenvalue weighted by atomic mass is 9.94. The molecule has 0 aliphatic carbocycles. The molecule has 1 aliphatic heterocycles. The number of anilines is 1. The third kappa shape index (κ3) is 4.34. The number of amides is 1. The average molecular weight is 482 g/mol. The van der Waals surface area contributed by atoms with Crippen LogP contribution in [0.3, 0.4) is 0 Å². The number of carbonyl (C=O) groups excluding carboxylic acids is 2. The Morgan fingerprint density at radius 3 is 2.45 bits per heavy atom. The summed E-state index contributed by atoms with van der Waals surface area (Å²) < 4.78 is 5.53. The van der Waals surface area contributed by atoms with E-state index in [1.807, 2.05) is 38.1 Å². The van der Waals surface area contributed by atoms with Gasteiger partial charge in [-0.3, -0.25) is 14.5 Å². The molecule has 3 aromatic carbocycles. The van der Waals surface area contributed by atoms with Crippen molar-refractivity contribution in [2.75, 3.05) is 11.5 Å². The van der Waals surface area contributed by atoms with Gasteiger partial charge in [-0.15, -0.1) is 0 Å². The van der Waals surface area contributed by atoms with Gasteiger partial charge in [0.1, 0.15) is 11.5 Å². The van der Waals surface area contributed by atoms with Crippen molar-refractivity contribution >= 4 is 46.3 Å². The van der Waals surface area contributed by atoms with Crippen molar-refractivity contribution in [3.8, 4) is 5.75 Å². The zero-order chi connectivity index (χ0) is 23.7. The molecule has 168 valence electrons. The van der Waals surface area contributed by atoms with Crippen LogP contribution in [0.5, 0.6) is 5.75 Å². The second-order valence-corrected chi connectivity index (χ2v) is 8.46. The van der Waals surface area contributed by atoms with Crippen molar-refractivity contribution in [2.24, 2.45) is 0 Å². The van der Waals surface area contributed by atoms with Crippen LogP contribution in [-0.4, -0.2) is 23.4 Å². The Morgan fingerprint density at radius 2 is 1.76 bits per heavy atom. The molecule has 4 rings (SSSR count). The summed E-state index contributed by atoms with van der Waals surface area (Å²) in [4.78, 5) is 27.8. The van der Waals surface area contributed by atoms with E-state index in [0.717, 1.165) is 5.56 Å². The molecule has 1 unspecified atom stereocenters. The van der Waals surface area contributed by atoms with E-state index >= 15 is 0 Å². The molecule has 3 aromatic rings. The summed E-state index contributed by atoms with van der Waals surface area (Å²) >= 11 is 12.3. The minimum atomic E-state index is -0.849. The molecule has 1 saturated heterocycles. The Hall–Kier alpha value is -3.28. The number of benzene rings is 3. The average Bonchev–Trinajstić information content (AvgIpc) is 3.06. The van der Waals surface area contributed by atoms with Gasteiger partial charge >= 0.3 is 0 Å². The molecule has 33 heavy (non-hydrogen) atoms. The second-order valence-electron chi connectivity index (χ2n) is 7.64. The molecule has 1 fully saturated rings. The van der Waals surface area contributed by atoms with Crippen LogP contribution in [0.4, 0.5) is 5.69 Å². The van der Waals surface area contributed by atoms with Gasteiger partial charge in [0.05, 0.1) is 28.3 Å². The molecule has 1 aliphatic rings. The molecular weight excluding hydrogens is 461 g/mol. The van der Waals surface area contributed by atoms with Crippen LogP contribution in [0.2, 0.25) is 10.0 Å². The fourth-order valence-corrected chi connectivity index (χ4v) is 4.24. The van der Waals surface area contributed by atoms with E-state index in [0.29, 0.717) is 34.2 Å². The maximum atomic E-state index is 13.2. The number of aliphatic hydroxyl groups is 1. The van der Waals surface area contributed by atoms with Crippen molar-refractivity contribution in [1.82, 2.24) is 0 Å². The quantitative estimate of drug-likeness (QED) is 0.262. The Labute approximate surface area is 201 Å². The number of carbonyl (C=O) groups is 2. The fourth-order valence-electron chi connectivity index (χ4n) is 3.94. The second kappa shape index (κ2) is 9.30. The predicted octanol–water partition coefficient (Wildman–Crippen LogP) is 6.33. The molecular formula is C26H21Cl2NO4.